The van der Waals surface area contributed by atoms with Crippen molar-refractivity contribution in [2.75, 3.05) is 18.4 Å². The molecule has 0 spiro atoms. The van der Waals surface area contributed by atoms with Crippen LogP contribution in [0.4, 0.5) is 5.95 Å². The Morgan fingerprint density at radius 2 is 1.88 bits per heavy atom. The van der Waals surface area contributed by atoms with Crippen molar-refractivity contribution in [3.63, 3.8) is 0 Å². The zero-order valence-corrected chi connectivity index (χ0v) is 14.8. The van der Waals surface area contributed by atoms with Gasteiger partial charge in [0.1, 0.15) is 0 Å². The molecule has 4 rings (SSSR count). The molecule has 6 heteroatoms. The number of piperidine rings is 1. The van der Waals surface area contributed by atoms with Crippen LogP contribution < -0.4 is 5.32 Å². The van der Waals surface area contributed by atoms with E-state index in [0.29, 0.717) is 18.2 Å². The highest BCUT2D eigenvalue weighted by molar-refractivity contribution is 7.17. The van der Waals surface area contributed by atoms with Gasteiger partial charge < -0.3 is 10.2 Å². The van der Waals surface area contributed by atoms with E-state index in [1.54, 1.807) is 0 Å². The third-order valence-corrected chi connectivity index (χ3v) is 5.35. The van der Waals surface area contributed by atoms with Gasteiger partial charge in [0.05, 0.1) is 10.2 Å². The van der Waals surface area contributed by atoms with E-state index in [0.717, 1.165) is 41.7 Å². The first-order valence-electron chi connectivity index (χ1n) is 8.63. The Labute approximate surface area is 150 Å². The normalized spacial score (nSPS) is 14.6. The number of thiophene rings is 1. The summed E-state index contributed by atoms with van der Waals surface area (Å²) in [7, 11) is 0. The van der Waals surface area contributed by atoms with Crippen molar-refractivity contribution in [1.29, 1.82) is 0 Å². The number of hydrogen-bond donors (Lipinski definition) is 1. The summed E-state index contributed by atoms with van der Waals surface area (Å²) in [5.74, 6) is 0.535. The lowest BCUT2D eigenvalue weighted by Gasteiger charge is -2.26. The Kier molecular flexibility index (Phi) is 4.61. The maximum Gasteiger partial charge on any atom is 0.274 e. The lowest BCUT2D eigenvalue weighted by Crippen LogP contribution is -2.36. The van der Waals surface area contributed by atoms with Gasteiger partial charge in [0.15, 0.2) is 5.69 Å². The van der Waals surface area contributed by atoms with Crippen molar-refractivity contribution in [3.8, 4) is 0 Å². The second kappa shape index (κ2) is 7.19. The highest BCUT2D eigenvalue weighted by Gasteiger charge is 2.23. The molecular weight excluding hydrogens is 332 g/mol. The van der Waals surface area contributed by atoms with Gasteiger partial charge in [-0.2, -0.15) is 0 Å². The molecule has 0 bridgehead atoms. The maximum absolute atomic E-state index is 13.0. The molecule has 0 aliphatic carbocycles. The lowest BCUT2D eigenvalue weighted by atomic mass is 10.1. The zero-order valence-electron chi connectivity index (χ0n) is 13.9. The van der Waals surface area contributed by atoms with Crippen LogP contribution in [-0.2, 0) is 6.54 Å². The zero-order chi connectivity index (χ0) is 17.1. The highest BCUT2D eigenvalue weighted by atomic mass is 32.1. The van der Waals surface area contributed by atoms with E-state index in [-0.39, 0.29) is 5.91 Å². The van der Waals surface area contributed by atoms with Gasteiger partial charge >= 0.3 is 0 Å². The van der Waals surface area contributed by atoms with Crippen molar-refractivity contribution < 1.29 is 4.79 Å². The molecule has 0 saturated carbocycles. The number of carbonyl (C=O) groups is 1. The number of nitrogens with one attached hydrogen (secondary N) is 1. The van der Waals surface area contributed by atoms with Crippen LogP contribution in [0.5, 0.6) is 0 Å². The number of benzene rings is 1. The molecule has 3 aromatic rings. The molecule has 1 N–H and O–H groups in total. The number of carbonyl (C=O) groups excluding carboxylic acids is 1. The summed E-state index contributed by atoms with van der Waals surface area (Å²) in [6, 6.07) is 12.1. The SMILES string of the molecule is O=C(c1nc(NCc2ccccc2)nc2ccsc12)N1CCCCC1. The van der Waals surface area contributed by atoms with Crippen LogP contribution in [0.3, 0.4) is 0 Å². The van der Waals surface area contributed by atoms with E-state index in [1.807, 2.05) is 34.5 Å². The van der Waals surface area contributed by atoms with E-state index in [9.17, 15) is 4.79 Å². The molecule has 128 valence electrons. The van der Waals surface area contributed by atoms with E-state index in [1.165, 1.54) is 17.8 Å². The first kappa shape index (κ1) is 16.0. The summed E-state index contributed by atoms with van der Waals surface area (Å²) in [4.78, 5) is 24.0. The largest absolute Gasteiger partial charge is 0.350 e. The molecule has 5 nitrogen and oxygen atoms in total. The summed E-state index contributed by atoms with van der Waals surface area (Å²) >= 11 is 1.53. The molecular formula is C19H20N4OS. The minimum absolute atomic E-state index is 0.0253. The maximum atomic E-state index is 13.0. The van der Waals surface area contributed by atoms with Gasteiger partial charge in [-0.05, 0) is 36.3 Å². The number of fused-ring (bicyclic) bond motifs is 1. The molecule has 0 radical (unpaired) electrons. The van der Waals surface area contributed by atoms with Gasteiger partial charge in [0.25, 0.3) is 5.91 Å². The molecule has 1 fully saturated rings. The number of nitrogens with zero attached hydrogens (tertiary/aromatic N) is 3. The minimum Gasteiger partial charge on any atom is -0.350 e. The Morgan fingerprint density at radius 1 is 1.08 bits per heavy atom. The minimum atomic E-state index is 0.0253. The second-order valence-electron chi connectivity index (χ2n) is 6.22. The van der Waals surface area contributed by atoms with Crippen LogP contribution in [0.15, 0.2) is 41.8 Å². The summed E-state index contributed by atoms with van der Waals surface area (Å²) in [6.07, 6.45) is 3.35. The monoisotopic (exact) mass is 352 g/mol. The first-order chi connectivity index (χ1) is 12.3. The third-order valence-electron chi connectivity index (χ3n) is 4.44. The molecule has 1 aliphatic rings. The topological polar surface area (TPSA) is 58.1 Å². The average molecular weight is 352 g/mol. The third kappa shape index (κ3) is 3.49. The molecule has 0 atom stereocenters. The Morgan fingerprint density at radius 3 is 2.68 bits per heavy atom. The molecule has 1 aromatic carbocycles. The number of likely N-dealkylation sites (tertiary alicyclic amines) is 1. The van der Waals surface area contributed by atoms with E-state index < -0.39 is 0 Å². The molecule has 1 aliphatic heterocycles. The van der Waals surface area contributed by atoms with Crippen LogP contribution >= 0.6 is 11.3 Å². The Balaban J connectivity index is 1.61. The van der Waals surface area contributed by atoms with Crippen LogP contribution in [-0.4, -0.2) is 33.9 Å². The van der Waals surface area contributed by atoms with Gasteiger partial charge in [-0.3, -0.25) is 4.79 Å². The van der Waals surface area contributed by atoms with Crippen molar-refractivity contribution in [1.82, 2.24) is 14.9 Å². The first-order valence-corrected chi connectivity index (χ1v) is 9.51. The van der Waals surface area contributed by atoms with Gasteiger partial charge in [0.2, 0.25) is 5.95 Å². The summed E-state index contributed by atoms with van der Waals surface area (Å²) < 4.78 is 0.876. The number of amides is 1. The molecule has 25 heavy (non-hydrogen) atoms. The molecule has 1 amide bonds. The Hall–Kier alpha value is -2.47. The van der Waals surface area contributed by atoms with Crippen molar-refractivity contribution in [2.24, 2.45) is 0 Å². The molecule has 2 aromatic heterocycles. The predicted molar refractivity (Wildman–Crippen MR) is 101 cm³/mol. The fraction of sp³-hybridized carbons (Fsp3) is 0.316. The second-order valence-corrected chi connectivity index (χ2v) is 7.14. The standard InChI is InChI=1S/C19H20N4OS/c24-18(23-10-5-2-6-11-23)16-17-15(9-12-25-17)21-19(22-16)20-13-14-7-3-1-4-8-14/h1,3-4,7-9,12H,2,5-6,10-11,13H2,(H,20,21,22). The number of rotatable bonds is 4. The number of anilines is 1. The lowest BCUT2D eigenvalue weighted by molar-refractivity contribution is 0.0721. The van der Waals surface area contributed by atoms with Gasteiger partial charge in [0, 0.05) is 19.6 Å². The number of aromatic nitrogens is 2. The van der Waals surface area contributed by atoms with Gasteiger partial charge in [-0.15, -0.1) is 11.3 Å². The van der Waals surface area contributed by atoms with Gasteiger partial charge in [-0.25, -0.2) is 9.97 Å². The van der Waals surface area contributed by atoms with E-state index in [2.05, 4.69) is 27.4 Å². The van der Waals surface area contributed by atoms with E-state index in [4.69, 9.17) is 0 Å². The summed E-state index contributed by atoms with van der Waals surface area (Å²) in [5.41, 5.74) is 2.51. The van der Waals surface area contributed by atoms with Crippen LogP contribution in [0.1, 0.15) is 35.3 Å². The quantitative estimate of drug-likeness (QED) is 0.773. The summed E-state index contributed by atoms with van der Waals surface area (Å²) in [5, 5.41) is 5.22. The van der Waals surface area contributed by atoms with Crippen LogP contribution in [0.2, 0.25) is 0 Å². The van der Waals surface area contributed by atoms with Gasteiger partial charge in [-0.1, -0.05) is 30.3 Å². The predicted octanol–water partition coefficient (Wildman–Crippen LogP) is 3.93. The molecule has 1 saturated heterocycles. The van der Waals surface area contributed by atoms with E-state index >= 15 is 0 Å². The van der Waals surface area contributed by atoms with Crippen LogP contribution in [0, 0.1) is 0 Å². The van der Waals surface area contributed by atoms with Crippen molar-refractivity contribution in [3.05, 3.63) is 53.0 Å². The molecule has 0 unspecified atom stereocenters. The van der Waals surface area contributed by atoms with Crippen molar-refractivity contribution in [2.45, 2.75) is 25.8 Å². The fourth-order valence-electron chi connectivity index (χ4n) is 3.11. The highest BCUT2D eigenvalue weighted by Crippen LogP contribution is 2.25. The van der Waals surface area contributed by atoms with Crippen LogP contribution in [0.25, 0.3) is 10.2 Å². The molecule has 3 heterocycles. The average Bonchev–Trinajstić information content (AvgIpc) is 3.15. The summed E-state index contributed by atoms with van der Waals surface area (Å²) in [6.45, 7) is 2.28. The number of hydrogen-bond acceptors (Lipinski definition) is 5. The van der Waals surface area contributed by atoms with Crippen molar-refractivity contribution >= 4 is 33.4 Å². The fourth-order valence-corrected chi connectivity index (χ4v) is 3.92. The smallest absolute Gasteiger partial charge is 0.274 e. The Bertz CT molecular complexity index is 872.